The van der Waals surface area contributed by atoms with Crippen molar-refractivity contribution in [3.05, 3.63) is 36.1 Å². The Kier molecular flexibility index (Phi) is 1.98. The van der Waals surface area contributed by atoms with Crippen molar-refractivity contribution in [2.45, 2.75) is 5.67 Å². The first-order valence-electron chi connectivity index (χ1n) is 5.17. The van der Waals surface area contributed by atoms with Crippen molar-refractivity contribution in [2.24, 2.45) is 0 Å². The highest BCUT2D eigenvalue weighted by Crippen LogP contribution is 2.19. The third-order valence-corrected chi connectivity index (χ3v) is 2.65. The molecule has 0 spiro atoms. The average Bonchev–Trinajstić information content (AvgIpc) is 2.66. The Morgan fingerprint density at radius 2 is 2.12 bits per heavy atom. The molecule has 1 aromatic heterocycles. The number of nitrogens with one attached hydrogen (secondary N) is 1. The van der Waals surface area contributed by atoms with E-state index < -0.39 is 5.67 Å². The fourth-order valence-corrected chi connectivity index (χ4v) is 1.65. The highest BCUT2D eigenvalue weighted by molar-refractivity contribution is 5.78. The molecule has 0 unspecified atom stereocenters. The van der Waals surface area contributed by atoms with Crippen LogP contribution in [0.4, 0.5) is 4.39 Å². The summed E-state index contributed by atoms with van der Waals surface area (Å²) in [6, 6.07) is 9.48. The smallest absolute Gasteiger partial charge is 0.195 e. The number of halogens is 1. The molecule has 0 radical (unpaired) electrons. The van der Waals surface area contributed by atoms with Gasteiger partial charge in [-0.05, 0) is 12.0 Å². The van der Waals surface area contributed by atoms with Gasteiger partial charge >= 0.3 is 0 Å². The van der Waals surface area contributed by atoms with Crippen molar-refractivity contribution in [3.63, 3.8) is 0 Å². The van der Waals surface area contributed by atoms with Gasteiger partial charge in [0, 0.05) is 24.5 Å². The number of hydrogen-bond acceptors (Lipinski definition) is 2. The van der Waals surface area contributed by atoms with Crippen LogP contribution in [0.25, 0.3) is 11.0 Å². The molecular formula is C13H10FNO. The Morgan fingerprint density at radius 3 is 2.81 bits per heavy atom. The summed E-state index contributed by atoms with van der Waals surface area (Å²) < 4.78 is 19.0. The Morgan fingerprint density at radius 1 is 1.31 bits per heavy atom. The number of hydrogen-bond donors (Lipinski definition) is 1. The fraction of sp³-hybridized carbons (Fsp3) is 0.231. The molecule has 0 saturated carbocycles. The van der Waals surface area contributed by atoms with E-state index in [0.29, 0.717) is 18.8 Å². The van der Waals surface area contributed by atoms with Crippen LogP contribution >= 0.6 is 0 Å². The molecule has 2 nitrogen and oxygen atoms in total. The van der Waals surface area contributed by atoms with E-state index in [4.69, 9.17) is 4.42 Å². The number of furan rings is 1. The Hall–Kier alpha value is -1.79. The molecule has 80 valence electrons. The fourth-order valence-electron chi connectivity index (χ4n) is 1.65. The van der Waals surface area contributed by atoms with E-state index in [1.807, 2.05) is 30.3 Å². The normalized spacial score (nSPS) is 17.6. The van der Waals surface area contributed by atoms with Gasteiger partial charge in [0.1, 0.15) is 5.58 Å². The Balaban J connectivity index is 1.94. The van der Waals surface area contributed by atoms with Crippen LogP contribution in [0.1, 0.15) is 5.76 Å². The maximum Gasteiger partial charge on any atom is 0.195 e. The van der Waals surface area contributed by atoms with E-state index >= 15 is 0 Å². The number of rotatable bonds is 0. The minimum Gasteiger partial charge on any atom is -0.448 e. The summed E-state index contributed by atoms with van der Waals surface area (Å²) >= 11 is 0. The van der Waals surface area contributed by atoms with Crippen molar-refractivity contribution >= 4 is 11.0 Å². The zero-order chi connectivity index (χ0) is 11.0. The standard InChI is InChI=1S/C13H10FNO/c14-13(8-15-9-13)6-5-11-7-10-3-1-2-4-12(10)16-11/h1-4,7,15H,8-9H2. The van der Waals surface area contributed by atoms with Crippen LogP contribution in [0.15, 0.2) is 34.7 Å². The lowest BCUT2D eigenvalue weighted by atomic mass is 10.0. The quantitative estimate of drug-likeness (QED) is 0.681. The van der Waals surface area contributed by atoms with E-state index in [0.717, 1.165) is 11.0 Å². The maximum atomic E-state index is 13.6. The second kappa shape index (κ2) is 3.36. The van der Waals surface area contributed by atoms with E-state index in [1.54, 1.807) is 0 Å². The molecule has 0 aliphatic carbocycles. The first kappa shape index (κ1) is 9.44. The topological polar surface area (TPSA) is 25.2 Å². The van der Waals surface area contributed by atoms with Crippen LogP contribution in [0.2, 0.25) is 0 Å². The number of para-hydroxylation sites is 1. The van der Waals surface area contributed by atoms with Crippen molar-refractivity contribution in [1.82, 2.24) is 5.32 Å². The summed E-state index contributed by atoms with van der Waals surface area (Å²) in [5.41, 5.74) is -0.592. The molecule has 0 atom stereocenters. The second-order valence-electron chi connectivity index (χ2n) is 3.97. The second-order valence-corrected chi connectivity index (χ2v) is 3.97. The molecule has 0 bridgehead atoms. The lowest BCUT2D eigenvalue weighted by molar-refractivity contribution is 0.158. The molecule has 2 heterocycles. The molecule has 16 heavy (non-hydrogen) atoms. The molecule has 1 N–H and O–H groups in total. The maximum absolute atomic E-state index is 13.6. The van der Waals surface area contributed by atoms with Gasteiger partial charge in [0.15, 0.2) is 11.4 Å². The molecular weight excluding hydrogens is 205 g/mol. The van der Waals surface area contributed by atoms with Crippen molar-refractivity contribution < 1.29 is 8.81 Å². The lowest BCUT2D eigenvalue weighted by Crippen LogP contribution is -2.55. The third-order valence-electron chi connectivity index (χ3n) is 2.65. The van der Waals surface area contributed by atoms with Gasteiger partial charge in [0.05, 0.1) is 0 Å². The van der Waals surface area contributed by atoms with Crippen molar-refractivity contribution in [1.29, 1.82) is 0 Å². The largest absolute Gasteiger partial charge is 0.448 e. The molecule has 3 heteroatoms. The van der Waals surface area contributed by atoms with Gasteiger partial charge in [-0.15, -0.1) is 0 Å². The van der Waals surface area contributed by atoms with Gasteiger partial charge < -0.3 is 9.73 Å². The van der Waals surface area contributed by atoms with Crippen LogP contribution in [0, 0.1) is 11.8 Å². The number of fused-ring (bicyclic) bond motifs is 1. The summed E-state index contributed by atoms with van der Waals surface area (Å²) in [6.07, 6.45) is 0. The van der Waals surface area contributed by atoms with Gasteiger partial charge in [-0.2, -0.15) is 0 Å². The van der Waals surface area contributed by atoms with Gasteiger partial charge in [0.25, 0.3) is 0 Å². The van der Waals surface area contributed by atoms with E-state index in [9.17, 15) is 4.39 Å². The van der Waals surface area contributed by atoms with Crippen molar-refractivity contribution in [3.8, 4) is 11.8 Å². The molecule has 3 rings (SSSR count). The number of alkyl halides is 1. The Labute approximate surface area is 92.4 Å². The average molecular weight is 215 g/mol. The first-order chi connectivity index (χ1) is 7.75. The van der Waals surface area contributed by atoms with Gasteiger partial charge in [-0.1, -0.05) is 24.1 Å². The Bertz CT molecular complexity index is 553. The van der Waals surface area contributed by atoms with E-state index in [2.05, 4.69) is 17.2 Å². The molecule has 2 aromatic rings. The zero-order valence-electron chi connectivity index (χ0n) is 8.59. The molecule has 1 fully saturated rings. The van der Waals surface area contributed by atoms with Crippen LogP contribution in [-0.4, -0.2) is 18.8 Å². The summed E-state index contributed by atoms with van der Waals surface area (Å²) in [5.74, 6) is 5.86. The molecule has 1 aliphatic rings. The van der Waals surface area contributed by atoms with Crippen LogP contribution < -0.4 is 5.32 Å². The first-order valence-corrected chi connectivity index (χ1v) is 5.17. The summed E-state index contributed by atoms with van der Waals surface area (Å²) in [7, 11) is 0. The SMILES string of the molecule is FC1(C#Cc2cc3ccccc3o2)CNC1. The van der Waals surface area contributed by atoms with Crippen LogP contribution in [-0.2, 0) is 0 Å². The highest BCUT2D eigenvalue weighted by atomic mass is 19.1. The predicted molar refractivity (Wildman–Crippen MR) is 59.8 cm³/mol. The van der Waals surface area contributed by atoms with E-state index in [-0.39, 0.29) is 0 Å². The molecule has 1 saturated heterocycles. The summed E-state index contributed by atoms with van der Waals surface area (Å²) in [6.45, 7) is 0.612. The minimum atomic E-state index is -1.38. The van der Waals surface area contributed by atoms with E-state index in [1.165, 1.54) is 0 Å². The zero-order valence-corrected chi connectivity index (χ0v) is 8.59. The van der Waals surface area contributed by atoms with Gasteiger partial charge in [-0.3, -0.25) is 0 Å². The molecule has 1 aliphatic heterocycles. The van der Waals surface area contributed by atoms with Crippen LogP contribution in [0.5, 0.6) is 0 Å². The molecule has 1 aromatic carbocycles. The summed E-state index contributed by atoms with van der Waals surface area (Å²) in [4.78, 5) is 0. The number of benzene rings is 1. The molecule has 0 amide bonds. The van der Waals surface area contributed by atoms with Crippen molar-refractivity contribution in [2.75, 3.05) is 13.1 Å². The summed E-state index contributed by atoms with van der Waals surface area (Å²) in [5, 5.41) is 3.85. The van der Waals surface area contributed by atoms with Gasteiger partial charge in [-0.25, -0.2) is 4.39 Å². The third kappa shape index (κ3) is 1.58. The van der Waals surface area contributed by atoms with Crippen LogP contribution in [0.3, 0.4) is 0 Å². The highest BCUT2D eigenvalue weighted by Gasteiger charge is 2.34. The monoisotopic (exact) mass is 215 g/mol. The minimum absolute atomic E-state index is 0.306. The predicted octanol–water partition coefficient (Wildman–Crippen LogP) is 2.10. The lowest BCUT2D eigenvalue weighted by Gasteiger charge is -2.29. The van der Waals surface area contributed by atoms with Gasteiger partial charge in [0.2, 0.25) is 0 Å².